The van der Waals surface area contributed by atoms with Gasteiger partial charge in [0.25, 0.3) is 0 Å². The molecule has 2 rings (SSSR count). The van der Waals surface area contributed by atoms with E-state index in [9.17, 15) is 17.4 Å². The Morgan fingerprint density at radius 1 is 1.23 bits per heavy atom. The molecule has 1 aliphatic rings. The van der Waals surface area contributed by atoms with Crippen molar-refractivity contribution in [3.8, 4) is 0 Å². The van der Waals surface area contributed by atoms with Gasteiger partial charge in [-0.25, -0.2) is 13.2 Å². The largest absolute Gasteiger partial charge is 0.335 e. The van der Waals surface area contributed by atoms with Crippen LogP contribution in [-0.4, -0.2) is 54.1 Å². The fourth-order valence-electron chi connectivity index (χ4n) is 2.84. The van der Waals surface area contributed by atoms with E-state index in [1.54, 1.807) is 24.5 Å². The molecule has 9 heteroatoms. The van der Waals surface area contributed by atoms with Gasteiger partial charge in [0, 0.05) is 41.9 Å². The molecule has 1 aromatic carbocycles. The van der Waals surface area contributed by atoms with E-state index in [1.165, 1.54) is 10.4 Å². The number of carbonyl (C=O) groups excluding carboxylic acids is 1. The Hall–Kier alpha value is -1.45. The van der Waals surface area contributed by atoms with Crippen LogP contribution >= 0.6 is 0 Å². The highest BCUT2D eigenvalue weighted by Gasteiger charge is 2.28. The third-order valence-electron chi connectivity index (χ3n) is 4.28. The zero-order chi connectivity index (χ0) is 19.2. The molecule has 0 aliphatic carbocycles. The van der Waals surface area contributed by atoms with E-state index in [2.05, 4.69) is 10.6 Å². The lowest BCUT2D eigenvalue weighted by molar-refractivity contribution is 0.249. The number of nitrogens with zero attached hydrogens (tertiary/aromatic N) is 1. The first-order chi connectivity index (χ1) is 12.3. The Morgan fingerprint density at radius 3 is 2.54 bits per heavy atom. The van der Waals surface area contributed by atoms with Crippen molar-refractivity contribution in [2.24, 2.45) is 0 Å². The molecule has 7 nitrogen and oxygen atoms in total. The number of anilines is 1. The van der Waals surface area contributed by atoms with E-state index in [0.717, 1.165) is 19.3 Å². The van der Waals surface area contributed by atoms with Gasteiger partial charge in [-0.05, 0) is 38.3 Å². The van der Waals surface area contributed by atoms with Crippen molar-refractivity contribution in [3.63, 3.8) is 0 Å². The van der Waals surface area contributed by atoms with Crippen molar-refractivity contribution in [2.75, 3.05) is 30.4 Å². The number of sulfonamides is 1. The van der Waals surface area contributed by atoms with Gasteiger partial charge in [0.1, 0.15) is 4.90 Å². The van der Waals surface area contributed by atoms with Gasteiger partial charge in [0.05, 0.1) is 5.69 Å². The number of hydrogen-bond donors (Lipinski definition) is 2. The highest BCUT2D eigenvalue weighted by atomic mass is 32.2. The maximum atomic E-state index is 12.9. The smallest absolute Gasteiger partial charge is 0.319 e. The highest BCUT2D eigenvalue weighted by Crippen LogP contribution is 2.26. The summed E-state index contributed by atoms with van der Waals surface area (Å²) in [5, 5.41) is 5.39. The quantitative estimate of drug-likeness (QED) is 0.732. The molecule has 0 bridgehead atoms. The minimum Gasteiger partial charge on any atom is -0.335 e. The van der Waals surface area contributed by atoms with Gasteiger partial charge in [-0.3, -0.25) is 4.21 Å². The number of benzene rings is 1. The van der Waals surface area contributed by atoms with Crippen LogP contribution < -0.4 is 10.6 Å². The molecule has 2 atom stereocenters. The van der Waals surface area contributed by atoms with Gasteiger partial charge < -0.3 is 10.6 Å². The topological polar surface area (TPSA) is 95.6 Å². The highest BCUT2D eigenvalue weighted by molar-refractivity contribution is 7.89. The Kier molecular flexibility index (Phi) is 7.60. The number of amides is 2. The average molecular weight is 402 g/mol. The Bertz CT molecular complexity index is 746. The van der Waals surface area contributed by atoms with Gasteiger partial charge in [-0.1, -0.05) is 18.6 Å². The van der Waals surface area contributed by atoms with Gasteiger partial charge in [0.2, 0.25) is 10.0 Å². The first-order valence-corrected chi connectivity index (χ1v) is 11.9. The van der Waals surface area contributed by atoms with Crippen LogP contribution in [0.15, 0.2) is 29.2 Å². The van der Waals surface area contributed by atoms with Gasteiger partial charge in [-0.2, -0.15) is 4.31 Å². The van der Waals surface area contributed by atoms with E-state index < -0.39 is 26.9 Å². The fourth-order valence-corrected chi connectivity index (χ4v) is 5.19. The lowest BCUT2D eigenvalue weighted by Crippen LogP contribution is -2.38. The molecule has 1 aromatic rings. The summed E-state index contributed by atoms with van der Waals surface area (Å²) in [5.74, 6) is 0.501. The normalized spacial score (nSPS) is 18.1. The van der Waals surface area contributed by atoms with Crippen LogP contribution in [0.2, 0.25) is 0 Å². The second-order valence-electron chi connectivity index (χ2n) is 6.53. The summed E-state index contributed by atoms with van der Waals surface area (Å²) in [6.45, 7) is 2.84. The summed E-state index contributed by atoms with van der Waals surface area (Å²) in [6.07, 6.45) is 4.95. The second kappa shape index (κ2) is 9.48. The molecule has 1 fully saturated rings. The third kappa shape index (κ3) is 5.78. The molecular weight excluding hydrogens is 374 g/mol. The summed E-state index contributed by atoms with van der Waals surface area (Å²) >= 11 is 0. The van der Waals surface area contributed by atoms with E-state index in [-0.39, 0.29) is 16.6 Å². The molecule has 26 heavy (non-hydrogen) atoms. The molecule has 2 amide bonds. The number of hydrogen-bond acceptors (Lipinski definition) is 4. The third-order valence-corrected chi connectivity index (χ3v) is 7.05. The SMILES string of the molecule is C[C@H](CC[S@](C)=O)NC(=O)Nc1ccccc1S(=O)(=O)N1CCCCC1. The first-order valence-electron chi connectivity index (χ1n) is 8.77. The van der Waals surface area contributed by atoms with E-state index >= 15 is 0 Å². The summed E-state index contributed by atoms with van der Waals surface area (Å²) in [7, 11) is -4.55. The molecule has 1 aliphatic heterocycles. The van der Waals surface area contributed by atoms with Crippen LogP contribution in [0.1, 0.15) is 32.6 Å². The minimum atomic E-state index is -3.64. The maximum absolute atomic E-state index is 12.9. The maximum Gasteiger partial charge on any atom is 0.319 e. The average Bonchev–Trinajstić information content (AvgIpc) is 2.61. The summed E-state index contributed by atoms with van der Waals surface area (Å²) in [5.41, 5.74) is 0.266. The molecule has 0 spiro atoms. The van der Waals surface area contributed by atoms with Crippen molar-refractivity contribution in [1.29, 1.82) is 0 Å². The molecule has 0 saturated carbocycles. The minimum absolute atomic E-state index is 0.111. The molecular formula is C17H27N3O4S2. The Labute approximate surface area is 158 Å². The van der Waals surface area contributed by atoms with Crippen LogP contribution in [0.3, 0.4) is 0 Å². The van der Waals surface area contributed by atoms with Crippen LogP contribution in [-0.2, 0) is 20.8 Å². The number of para-hydroxylation sites is 1. The predicted molar refractivity (Wildman–Crippen MR) is 104 cm³/mol. The van der Waals surface area contributed by atoms with Crippen molar-refractivity contribution < 1.29 is 17.4 Å². The Morgan fingerprint density at radius 2 is 1.88 bits per heavy atom. The predicted octanol–water partition coefficient (Wildman–Crippen LogP) is 2.14. The van der Waals surface area contributed by atoms with Gasteiger partial charge >= 0.3 is 6.03 Å². The van der Waals surface area contributed by atoms with E-state index in [0.29, 0.717) is 25.3 Å². The summed E-state index contributed by atoms with van der Waals surface area (Å²) < 4.78 is 38.4. The standard InChI is InChI=1S/C17H27N3O4S2/c1-14(10-13-25(2)22)18-17(21)19-15-8-4-5-9-16(15)26(23,24)20-11-6-3-7-12-20/h4-5,8-9,14H,3,6-7,10-13H2,1-2H3,(H2,18,19,21)/t14-,25+/m1/s1. The van der Waals surface area contributed by atoms with Crippen LogP contribution in [0.4, 0.5) is 10.5 Å². The first kappa shape index (κ1) is 20.9. The fraction of sp³-hybridized carbons (Fsp3) is 0.588. The van der Waals surface area contributed by atoms with Gasteiger partial charge in [-0.15, -0.1) is 0 Å². The van der Waals surface area contributed by atoms with Crippen LogP contribution in [0, 0.1) is 0 Å². The molecule has 1 saturated heterocycles. The molecule has 146 valence electrons. The number of carbonyl (C=O) groups is 1. The van der Waals surface area contributed by atoms with Crippen molar-refractivity contribution >= 4 is 32.5 Å². The Balaban J connectivity index is 2.08. The second-order valence-corrected chi connectivity index (χ2v) is 9.99. The van der Waals surface area contributed by atoms with Gasteiger partial charge in [0.15, 0.2) is 0 Å². The number of nitrogens with one attached hydrogen (secondary N) is 2. The van der Waals surface area contributed by atoms with E-state index in [4.69, 9.17) is 0 Å². The zero-order valence-corrected chi connectivity index (χ0v) is 16.9. The number of piperidine rings is 1. The molecule has 1 heterocycles. The summed E-state index contributed by atoms with van der Waals surface area (Å²) in [6, 6.07) is 5.81. The van der Waals surface area contributed by atoms with Crippen molar-refractivity contribution in [1.82, 2.24) is 9.62 Å². The molecule has 2 N–H and O–H groups in total. The lowest BCUT2D eigenvalue weighted by Gasteiger charge is -2.27. The monoisotopic (exact) mass is 401 g/mol. The number of urea groups is 1. The lowest BCUT2D eigenvalue weighted by atomic mass is 10.2. The van der Waals surface area contributed by atoms with Crippen LogP contribution in [0.25, 0.3) is 0 Å². The molecule has 0 aromatic heterocycles. The molecule has 0 unspecified atom stereocenters. The zero-order valence-electron chi connectivity index (χ0n) is 15.2. The number of rotatable bonds is 7. The van der Waals surface area contributed by atoms with Crippen molar-refractivity contribution in [2.45, 2.75) is 43.5 Å². The molecule has 0 radical (unpaired) electrons. The van der Waals surface area contributed by atoms with E-state index in [1.807, 2.05) is 6.92 Å². The summed E-state index contributed by atoms with van der Waals surface area (Å²) in [4.78, 5) is 12.3. The van der Waals surface area contributed by atoms with Crippen molar-refractivity contribution in [3.05, 3.63) is 24.3 Å². The van der Waals surface area contributed by atoms with Crippen LogP contribution in [0.5, 0.6) is 0 Å².